The highest BCUT2D eigenvalue weighted by atomic mass is 32.1. The van der Waals surface area contributed by atoms with Crippen LogP contribution in [0.15, 0.2) is 18.2 Å². The summed E-state index contributed by atoms with van der Waals surface area (Å²) < 4.78 is 4.48. The lowest BCUT2D eigenvalue weighted by molar-refractivity contribution is -0.134. The molecule has 1 aromatic heterocycles. The molecule has 0 aliphatic rings. The molecule has 1 heterocycles. The van der Waals surface area contributed by atoms with Crippen molar-refractivity contribution in [2.75, 3.05) is 7.11 Å². The van der Waals surface area contributed by atoms with Crippen molar-refractivity contribution >= 4 is 23.4 Å². The number of thiophene rings is 1. The summed E-state index contributed by atoms with van der Waals surface area (Å²) >= 11 is 1.54. The first kappa shape index (κ1) is 10.6. The average molecular weight is 206 g/mol. The molecule has 0 unspecified atom stereocenters. The number of carbonyl (C=O) groups is 1. The first-order chi connectivity index (χ1) is 6.76. The minimum Gasteiger partial charge on any atom is -0.466 e. The van der Waals surface area contributed by atoms with E-state index in [4.69, 9.17) is 0 Å². The lowest BCUT2D eigenvalue weighted by Crippen LogP contribution is -1.92. The molecule has 0 N–H and O–H groups in total. The van der Waals surface area contributed by atoms with Crippen molar-refractivity contribution in [2.45, 2.75) is 6.92 Å². The lowest BCUT2D eigenvalue weighted by atomic mass is 10.4. The highest BCUT2D eigenvalue weighted by molar-refractivity contribution is 7.13. The van der Waals surface area contributed by atoms with Crippen molar-refractivity contribution in [1.82, 2.24) is 0 Å². The quantitative estimate of drug-likeness (QED) is 0.421. The van der Waals surface area contributed by atoms with Crippen LogP contribution in [0, 0.1) is 11.8 Å². The zero-order valence-electron chi connectivity index (χ0n) is 8.03. The summed E-state index contributed by atoms with van der Waals surface area (Å²) in [6, 6.07) is 3.85. The van der Waals surface area contributed by atoms with Gasteiger partial charge in [0.05, 0.1) is 12.0 Å². The zero-order valence-corrected chi connectivity index (χ0v) is 8.85. The molecule has 1 rings (SSSR count). The van der Waals surface area contributed by atoms with E-state index in [9.17, 15) is 4.79 Å². The molecule has 0 amide bonds. The van der Waals surface area contributed by atoms with Gasteiger partial charge in [-0.25, -0.2) is 4.79 Å². The Labute approximate surface area is 87.2 Å². The number of carbonyl (C=O) groups excluding carboxylic acids is 1. The summed E-state index contributed by atoms with van der Waals surface area (Å²) in [4.78, 5) is 12.8. The van der Waals surface area contributed by atoms with Crippen molar-refractivity contribution in [1.29, 1.82) is 0 Å². The van der Waals surface area contributed by atoms with E-state index in [0.29, 0.717) is 0 Å². The van der Waals surface area contributed by atoms with E-state index in [2.05, 4.69) is 16.6 Å². The number of rotatable bonds is 2. The largest absolute Gasteiger partial charge is 0.466 e. The first-order valence-electron chi connectivity index (χ1n) is 4.05. The summed E-state index contributed by atoms with van der Waals surface area (Å²) in [7, 11) is 1.36. The lowest BCUT2D eigenvalue weighted by Gasteiger charge is -1.87. The van der Waals surface area contributed by atoms with E-state index in [1.165, 1.54) is 13.2 Å². The Morgan fingerprint density at radius 2 is 2.36 bits per heavy atom. The van der Waals surface area contributed by atoms with Gasteiger partial charge in [0.2, 0.25) is 0 Å². The third kappa shape index (κ3) is 3.08. The first-order valence-corrected chi connectivity index (χ1v) is 4.86. The van der Waals surface area contributed by atoms with Gasteiger partial charge in [0, 0.05) is 11.0 Å². The summed E-state index contributed by atoms with van der Waals surface area (Å²) in [6.45, 7) is 1.80. The Morgan fingerprint density at radius 1 is 1.57 bits per heavy atom. The van der Waals surface area contributed by atoms with Crippen LogP contribution in [-0.2, 0) is 9.53 Å². The van der Waals surface area contributed by atoms with Crippen LogP contribution < -0.4 is 0 Å². The molecule has 0 aromatic carbocycles. The molecule has 0 atom stereocenters. The number of methoxy groups -OCH3 is 1. The fourth-order valence-electron chi connectivity index (χ4n) is 0.851. The number of ether oxygens (including phenoxy) is 1. The maximum atomic E-state index is 10.8. The summed E-state index contributed by atoms with van der Waals surface area (Å²) in [5.74, 6) is 5.42. The maximum absolute atomic E-state index is 10.8. The van der Waals surface area contributed by atoms with E-state index in [0.717, 1.165) is 9.75 Å². The van der Waals surface area contributed by atoms with Crippen LogP contribution in [-0.4, -0.2) is 13.1 Å². The van der Waals surface area contributed by atoms with Crippen LogP contribution in [0.1, 0.15) is 16.7 Å². The van der Waals surface area contributed by atoms with Gasteiger partial charge in [0.15, 0.2) is 0 Å². The third-order valence-corrected chi connectivity index (χ3v) is 2.43. The minimum absolute atomic E-state index is 0.346. The standard InChI is InChI=1S/C11H10O2S/c1-3-4-9-5-6-10(14-9)7-8-11(12)13-2/h5-8H,1-2H3/b8-7-. The smallest absolute Gasteiger partial charge is 0.330 e. The van der Waals surface area contributed by atoms with E-state index in [1.54, 1.807) is 24.3 Å². The molecule has 0 fully saturated rings. The monoisotopic (exact) mass is 206 g/mol. The fraction of sp³-hybridized carbons (Fsp3) is 0.182. The molecule has 0 spiro atoms. The maximum Gasteiger partial charge on any atom is 0.330 e. The topological polar surface area (TPSA) is 26.3 Å². The van der Waals surface area contributed by atoms with Gasteiger partial charge in [0.1, 0.15) is 0 Å². The average Bonchev–Trinajstić information content (AvgIpc) is 2.63. The number of esters is 1. The van der Waals surface area contributed by atoms with Crippen molar-refractivity contribution in [3.05, 3.63) is 28.0 Å². The van der Waals surface area contributed by atoms with Crippen LogP contribution in [0.3, 0.4) is 0 Å². The van der Waals surface area contributed by atoms with Gasteiger partial charge in [0.25, 0.3) is 0 Å². The molecule has 1 aromatic rings. The van der Waals surface area contributed by atoms with Crippen LogP contribution in [0.25, 0.3) is 6.08 Å². The van der Waals surface area contributed by atoms with Gasteiger partial charge >= 0.3 is 5.97 Å². The number of hydrogen-bond acceptors (Lipinski definition) is 3. The molecule has 0 bridgehead atoms. The Morgan fingerprint density at radius 3 is 3.00 bits per heavy atom. The van der Waals surface area contributed by atoms with Crippen molar-refractivity contribution in [3.63, 3.8) is 0 Å². The van der Waals surface area contributed by atoms with Crippen molar-refractivity contribution in [2.24, 2.45) is 0 Å². The predicted molar refractivity (Wildman–Crippen MR) is 57.9 cm³/mol. The highest BCUT2D eigenvalue weighted by Crippen LogP contribution is 2.16. The van der Waals surface area contributed by atoms with Crippen molar-refractivity contribution in [3.8, 4) is 11.8 Å². The molecule has 0 aliphatic heterocycles. The van der Waals surface area contributed by atoms with Crippen molar-refractivity contribution < 1.29 is 9.53 Å². The molecule has 0 saturated heterocycles. The summed E-state index contributed by atoms with van der Waals surface area (Å²) in [5.41, 5.74) is 0. The van der Waals surface area contributed by atoms with E-state index in [1.807, 2.05) is 12.1 Å². The zero-order chi connectivity index (χ0) is 10.4. The van der Waals surface area contributed by atoms with E-state index in [-0.39, 0.29) is 5.97 Å². The second-order valence-electron chi connectivity index (χ2n) is 2.43. The normalized spacial score (nSPS) is 9.57. The Kier molecular flexibility index (Phi) is 3.96. The Balaban J connectivity index is 2.71. The molecule has 3 heteroatoms. The van der Waals surface area contributed by atoms with Crippen LogP contribution in [0.5, 0.6) is 0 Å². The number of hydrogen-bond donors (Lipinski definition) is 0. The minimum atomic E-state index is -0.346. The van der Waals surface area contributed by atoms with Crippen LogP contribution in [0.2, 0.25) is 0 Å². The molecule has 14 heavy (non-hydrogen) atoms. The van der Waals surface area contributed by atoms with Gasteiger partial charge in [-0.3, -0.25) is 0 Å². The van der Waals surface area contributed by atoms with E-state index >= 15 is 0 Å². The molecule has 2 nitrogen and oxygen atoms in total. The summed E-state index contributed by atoms with van der Waals surface area (Å²) in [5, 5.41) is 0. The second kappa shape index (κ2) is 5.25. The SMILES string of the molecule is CC#Cc1ccc(/C=C\C(=O)OC)s1. The van der Waals surface area contributed by atoms with Gasteiger partial charge in [-0.2, -0.15) is 0 Å². The molecule has 0 saturated carbocycles. The molecule has 72 valence electrons. The van der Waals surface area contributed by atoms with Gasteiger partial charge in [-0.15, -0.1) is 17.3 Å². The molecular weight excluding hydrogens is 196 g/mol. The predicted octanol–water partition coefficient (Wildman–Crippen LogP) is 2.31. The van der Waals surface area contributed by atoms with Gasteiger partial charge in [-0.05, 0) is 25.1 Å². The third-order valence-electron chi connectivity index (χ3n) is 1.46. The fourth-order valence-corrected chi connectivity index (χ4v) is 1.67. The van der Waals surface area contributed by atoms with E-state index < -0.39 is 0 Å². The summed E-state index contributed by atoms with van der Waals surface area (Å²) in [6.07, 6.45) is 3.12. The van der Waals surface area contributed by atoms with Crippen LogP contribution in [0.4, 0.5) is 0 Å². The Bertz CT molecular complexity index is 404. The van der Waals surface area contributed by atoms with Gasteiger partial charge < -0.3 is 4.74 Å². The van der Waals surface area contributed by atoms with Gasteiger partial charge in [-0.1, -0.05) is 5.92 Å². The second-order valence-corrected chi connectivity index (χ2v) is 3.55. The molecule has 0 radical (unpaired) electrons. The van der Waals surface area contributed by atoms with Crippen LogP contribution >= 0.6 is 11.3 Å². The highest BCUT2D eigenvalue weighted by Gasteiger charge is 1.95. The Hall–Kier alpha value is -1.53. The molecule has 0 aliphatic carbocycles. The molecular formula is C11H10O2S.